The SMILES string of the molecule is CC1(C)c2ccccc2-c2ccc(-c3cc4c5c6c(cc(-c7ccc8c(c7)C(C)(C)c7ccccc7-8)cc6n(-c6cc(-c7ccccc7)cc(-c7ccccc7)c6)c5c3)CC4)cc21. The first-order chi connectivity index (χ1) is 30.7. The van der Waals surface area contributed by atoms with Gasteiger partial charge in [-0.25, -0.2) is 0 Å². The van der Waals surface area contributed by atoms with Crippen molar-refractivity contribution in [2.75, 3.05) is 0 Å². The van der Waals surface area contributed by atoms with Crippen LogP contribution in [-0.2, 0) is 23.7 Å². The standard InChI is InChI=1S/C62H47N/c1-61(2)53-21-13-11-19-49(53)51-27-25-40(34-55(51)61)46-29-42-23-24-43-30-47(41-26-28-52-50-20-12-14-22-54(50)62(3,4)56(52)35-41)37-58-60(43)59(42)57(36-46)63(58)48-32-44(38-15-7-5-8-16-38)31-45(33-48)39-17-9-6-10-18-39/h5-22,25-37H,23-24H2,1-4H3. The van der Waals surface area contributed by atoms with Crippen LogP contribution in [0.5, 0.6) is 0 Å². The lowest BCUT2D eigenvalue weighted by Crippen LogP contribution is -2.14. The molecule has 0 fully saturated rings. The molecule has 10 aromatic rings. The van der Waals surface area contributed by atoms with E-state index < -0.39 is 0 Å². The van der Waals surface area contributed by atoms with Gasteiger partial charge in [0.1, 0.15) is 0 Å². The fourth-order valence-electron chi connectivity index (χ4n) is 11.8. The number of hydrogen-bond acceptors (Lipinski definition) is 0. The zero-order valence-electron chi connectivity index (χ0n) is 36.3. The van der Waals surface area contributed by atoms with Crippen molar-refractivity contribution in [3.8, 4) is 72.4 Å². The van der Waals surface area contributed by atoms with Gasteiger partial charge in [-0.1, -0.05) is 173 Å². The van der Waals surface area contributed by atoms with Gasteiger partial charge in [-0.05, 0) is 155 Å². The minimum absolute atomic E-state index is 0.0677. The highest BCUT2D eigenvalue weighted by Gasteiger charge is 2.37. The molecule has 0 unspecified atom stereocenters. The second kappa shape index (κ2) is 13.1. The van der Waals surface area contributed by atoms with Gasteiger partial charge < -0.3 is 4.57 Å². The second-order valence-electron chi connectivity index (χ2n) is 19.3. The minimum atomic E-state index is -0.0677. The maximum absolute atomic E-state index is 2.61. The monoisotopic (exact) mass is 805 g/mol. The molecule has 1 aromatic heterocycles. The second-order valence-corrected chi connectivity index (χ2v) is 19.3. The van der Waals surface area contributed by atoms with E-state index in [1.54, 1.807) is 0 Å². The lowest BCUT2D eigenvalue weighted by Gasteiger charge is -2.22. The van der Waals surface area contributed by atoms with E-state index in [0.717, 1.165) is 12.8 Å². The van der Waals surface area contributed by atoms with E-state index in [1.807, 2.05) is 0 Å². The summed E-state index contributed by atoms with van der Waals surface area (Å²) in [5.74, 6) is 0. The van der Waals surface area contributed by atoms with Gasteiger partial charge >= 0.3 is 0 Å². The quantitative estimate of drug-likeness (QED) is 0.163. The Kier molecular flexibility index (Phi) is 7.60. The van der Waals surface area contributed by atoms with Gasteiger partial charge in [0.2, 0.25) is 0 Å². The summed E-state index contributed by atoms with van der Waals surface area (Å²) >= 11 is 0. The van der Waals surface area contributed by atoms with Crippen molar-refractivity contribution >= 4 is 21.8 Å². The van der Waals surface area contributed by atoms with E-state index in [2.05, 4.69) is 220 Å². The summed E-state index contributed by atoms with van der Waals surface area (Å²) in [6, 6.07) is 71.4. The van der Waals surface area contributed by atoms with Crippen LogP contribution in [0.2, 0.25) is 0 Å². The number of fused-ring (bicyclic) bond motifs is 6. The van der Waals surface area contributed by atoms with Gasteiger partial charge in [0.15, 0.2) is 0 Å². The Balaban J connectivity index is 1.08. The zero-order valence-corrected chi connectivity index (χ0v) is 36.3. The predicted octanol–water partition coefficient (Wildman–Crippen LogP) is 16.2. The maximum Gasteiger partial charge on any atom is 0.0550 e. The predicted molar refractivity (Wildman–Crippen MR) is 265 cm³/mol. The molecule has 3 aliphatic carbocycles. The fourth-order valence-corrected chi connectivity index (χ4v) is 11.8. The fraction of sp³-hybridized carbons (Fsp3) is 0.129. The molecule has 1 nitrogen and oxygen atoms in total. The van der Waals surface area contributed by atoms with E-state index in [-0.39, 0.29) is 10.8 Å². The van der Waals surface area contributed by atoms with Crippen LogP contribution in [0.1, 0.15) is 61.1 Å². The molecule has 0 radical (unpaired) electrons. The van der Waals surface area contributed by atoms with E-state index in [4.69, 9.17) is 0 Å². The molecule has 0 saturated carbocycles. The van der Waals surface area contributed by atoms with Crippen molar-refractivity contribution in [2.24, 2.45) is 0 Å². The molecule has 0 spiro atoms. The minimum Gasteiger partial charge on any atom is -0.309 e. The lowest BCUT2D eigenvalue weighted by atomic mass is 9.81. The summed E-state index contributed by atoms with van der Waals surface area (Å²) in [7, 11) is 0. The van der Waals surface area contributed by atoms with Crippen LogP contribution in [0.15, 0.2) is 188 Å². The van der Waals surface area contributed by atoms with Gasteiger partial charge in [0.05, 0.1) is 11.0 Å². The van der Waals surface area contributed by atoms with Crippen molar-refractivity contribution in [1.82, 2.24) is 4.57 Å². The molecule has 0 atom stereocenters. The third-order valence-corrected chi connectivity index (χ3v) is 15.0. The molecule has 0 bridgehead atoms. The molecule has 0 amide bonds. The Bertz CT molecular complexity index is 3310. The Hall–Kier alpha value is -7.22. The summed E-state index contributed by atoms with van der Waals surface area (Å²) < 4.78 is 2.61. The average Bonchev–Trinajstić information content (AvgIpc) is 3.88. The van der Waals surface area contributed by atoms with Crippen molar-refractivity contribution in [3.63, 3.8) is 0 Å². The first kappa shape index (κ1) is 36.4. The Morgan fingerprint density at radius 3 is 1.17 bits per heavy atom. The van der Waals surface area contributed by atoms with E-state index in [9.17, 15) is 0 Å². The number of aryl methyl sites for hydroxylation is 2. The van der Waals surface area contributed by atoms with Gasteiger partial charge in [-0.3, -0.25) is 0 Å². The summed E-state index contributed by atoms with van der Waals surface area (Å²) in [6.45, 7) is 9.54. The highest BCUT2D eigenvalue weighted by molar-refractivity contribution is 6.15. The van der Waals surface area contributed by atoms with Gasteiger partial charge in [-0.2, -0.15) is 0 Å². The Morgan fingerprint density at radius 1 is 0.317 bits per heavy atom. The average molecular weight is 806 g/mol. The molecule has 63 heavy (non-hydrogen) atoms. The van der Waals surface area contributed by atoms with Crippen LogP contribution in [0.3, 0.4) is 0 Å². The van der Waals surface area contributed by atoms with Crippen LogP contribution in [0.25, 0.3) is 94.3 Å². The lowest BCUT2D eigenvalue weighted by molar-refractivity contribution is 0.660. The maximum atomic E-state index is 2.61. The smallest absolute Gasteiger partial charge is 0.0550 e. The number of aromatic nitrogens is 1. The highest BCUT2D eigenvalue weighted by atomic mass is 15.0. The van der Waals surface area contributed by atoms with E-state index in [0.29, 0.717) is 0 Å². The largest absolute Gasteiger partial charge is 0.309 e. The molecule has 0 N–H and O–H groups in total. The summed E-state index contributed by atoms with van der Waals surface area (Å²) in [5.41, 5.74) is 27.5. The normalized spacial score (nSPS) is 14.8. The Morgan fingerprint density at radius 2 is 0.714 bits per heavy atom. The molecule has 9 aromatic carbocycles. The van der Waals surface area contributed by atoms with E-state index >= 15 is 0 Å². The third kappa shape index (κ3) is 5.29. The third-order valence-electron chi connectivity index (χ3n) is 15.0. The molecular weight excluding hydrogens is 759 g/mol. The van der Waals surface area contributed by atoms with Crippen LogP contribution >= 0.6 is 0 Å². The Labute approximate surface area is 370 Å². The van der Waals surface area contributed by atoms with Crippen LogP contribution in [-0.4, -0.2) is 4.57 Å². The molecule has 0 saturated heterocycles. The molecular formula is C62H47N. The molecule has 0 aliphatic heterocycles. The van der Waals surface area contributed by atoms with Crippen LogP contribution < -0.4 is 0 Å². The van der Waals surface area contributed by atoms with E-state index in [1.165, 1.54) is 128 Å². The first-order valence-corrected chi connectivity index (χ1v) is 22.6. The summed E-state index contributed by atoms with van der Waals surface area (Å²) in [5, 5.41) is 2.79. The topological polar surface area (TPSA) is 4.93 Å². The number of hydrogen-bond donors (Lipinski definition) is 0. The van der Waals surface area contributed by atoms with Gasteiger partial charge in [0, 0.05) is 27.3 Å². The van der Waals surface area contributed by atoms with Crippen LogP contribution in [0.4, 0.5) is 0 Å². The summed E-state index contributed by atoms with van der Waals surface area (Å²) in [6.07, 6.45) is 2.02. The molecule has 13 rings (SSSR count). The summed E-state index contributed by atoms with van der Waals surface area (Å²) in [4.78, 5) is 0. The molecule has 3 aliphatic rings. The van der Waals surface area contributed by atoms with Crippen LogP contribution in [0, 0.1) is 0 Å². The molecule has 1 heteroatoms. The van der Waals surface area contributed by atoms with Crippen molar-refractivity contribution in [1.29, 1.82) is 0 Å². The van der Waals surface area contributed by atoms with Crippen molar-refractivity contribution in [3.05, 3.63) is 221 Å². The number of benzene rings is 9. The zero-order chi connectivity index (χ0) is 42.2. The van der Waals surface area contributed by atoms with Gasteiger partial charge in [-0.15, -0.1) is 0 Å². The number of rotatable bonds is 5. The van der Waals surface area contributed by atoms with Crippen molar-refractivity contribution < 1.29 is 0 Å². The highest BCUT2D eigenvalue weighted by Crippen LogP contribution is 2.52. The number of nitrogens with zero attached hydrogens (tertiary/aromatic N) is 1. The molecule has 300 valence electrons. The van der Waals surface area contributed by atoms with Gasteiger partial charge in [0.25, 0.3) is 0 Å². The first-order valence-electron chi connectivity index (χ1n) is 22.6. The molecule has 1 heterocycles. The van der Waals surface area contributed by atoms with Crippen molar-refractivity contribution in [2.45, 2.75) is 51.4 Å².